The number of allylic oxidation sites excluding steroid dienone is 8. The van der Waals surface area contributed by atoms with Crippen molar-refractivity contribution in [2.75, 3.05) is 13.2 Å². The molecule has 1 unspecified atom stereocenters. The molecule has 0 rings (SSSR count). The van der Waals surface area contributed by atoms with Gasteiger partial charge in [-0.2, -0.15) is 0 Å². The van der Waals surface area contributed by atoms with E-state index in [0.717, 1.165) is 89.9 Å². The molecule has 0 fully saturated rings. The Morgan fingerprint density at radius 2 is 0.507 bits per heavy atom. The highest BCUT2D eigenvalue weighted by Gasteiger charge is 2.19. The highest BCUT2D eigenvalue weighted by Crippen LogP contribution is 2.17. The molecule has 0 aliphatic carbocycles. The van der Waals surface area contributed by atoms with Crippen LogP contribution in [0.5, 0.6) is 0 Å². The Hall–Kier alpha value is -2.63. The van der Waals surface area contributed by atoms with Gasteiger partial charge in [0.2, 0.25) is 0 Å². The Labute approximate surface area is 441 Å². The van der Waals surface area contributed by atoms with Crippen molar-refractivity contribution < 1.29 is 28.6 Å². The van der Waals surface area contributed by atoms with E-state index in [1.165, 1.54) is 199 Å². The van der Waals surface area contributed by atoms with Gasteiger partial charge >= 0.3 is 17.9 Å². The van der Waals surface area contributed by atoms with E-state index in [1.807, 2.05) is 0 Å². The maximum absolute atomic E-state index is 12.9. The summed E-state index contributed by atoms with van der Waals surface area (Å²) in [6.07, 6.45) is 74.0. The van der Waals surface area contributed by atoms with Crippen LogP contribution in [0.2, 0.25) is 0 Å². The van der Waals surface area contributed by atoms with Gasteiger partial charge in [0.15, 0.2) is 6.10 Å². The summed E-state index contributed by atoms with van der Waals surface area (Å²) in [5.41, 5.74) is 0. The predicted molar refractivity (Wildman–Crippen MR) is 307 cm³/mol. The van der Waals surface area contributed by atoms with Crippen molar-refractivity contribution in [3.8, 4) is 0 Å². The number of esters is 3. The molecule has 414 valence electrons. The molecular formula is C65H118O6. The SMILES string of the molecule is CCCCCC/C=C\C/C=C\CCCCCCCC(=O)OC(COC(=O)CCCCCCCCCCCCCC)COC(=O)CCCCCCCCCCCCCCC/C=C\C/C=C\CCCCCCC. The van der Waals surface area contributed by atoms with Gasteiger partial charge in [0.25, 0.3) is 0 Å². The van der Waals surface area contributed by atoms with Crippen LogP contribution in [0.1, 0.15) is 329 Å². The summed E-state index contributed by atoms with van der Waals surface area (Å²) in [6.45, 7) is 6.64. The summed E-state index contributed by atoms with van der Waals surface area (Å²) in [4.78, 5) is 38.2. The van der Waals surface area contributed by atoms with E-state index in [4.69, 9.17) is 14.2 Å². The topological polar surface area (TPSA) is 78.9 Å². The first-order valence-corrected chi connectivity index (χ1v) is 31.1. The molecule has 0 aliphatic rings. The number of carbonyl (C=O) groups excluding carboxylic acids is 3. The molecule has 6 nitrogen and oxygen atoms in total. The lowest BCUT2D eigenvalue weighted by molar-refractivity contribution is -0.167. The molecule has 0 bridgehead atoms. The Morgan fingerprint density at radius 3 is 0.789 bits per heavy atom. The fourth-order valence-electron chi connectivity index (χ4n) is 9.09. The second-order valence-corrected chi connectivity index (χ2v) is 21.0. The van der Waals surface area contributed by atoms with Crippen molar-refractivity contribution in [3.05, 3.63) is 48.6 Å². The minimum atomic E-state index is -0.778. The standard InChI is InChI=1S/C65H118O6/c1-4-7-10-13-16-19-22-25-27-29-30-31-32-33-34-35-36-37-39-40-43-46-49-52-55-58-64(67)70-61-62(60-69-63(66)57-54-51-48-45-42-24-21-18-15-12-9-6-3)71-65(68)59-56-53-50-47-44-41-38-28-26-23-20-17-14-11-8-5-2/h20,22-23,25,28-30,38,62H,4-19,21,24,26-27,31-37,39-61H2,1-3H3/b23-20-,25-22-,30-29-,38-28-. The molecule has 0 heterocycles. The first-order valence-electron chi connectivity index (χ1n) is 31.1. The molecule has 71 heavy (non-hydrogen) atoms. The van der Waals surface area contributed by atoms with Crippen LogP contribution < -0.4 is 0 Å². The van der Waals surface area contributed by atoms with Crippen molar-refractivity contribution in [1.29, 1.82) is 0 Å². The molecule has 0 saturated carbocycles. The van der Waals surface area contributed by atoms with Crippen molar-refractivity contribution in [3.63, 3.8) is 0 Å². The van der Waals surface area contributed by atoms with Gasteiger partial charge < -0.3 is 14.2 Å². The van der Waals surface area contributed by atoms with Gasteiger partial charge in [-0.25, -0.2) is 0 Å². The average Bonchev–Trinajstić information content (AvgIpc) is 3.37. The van der Waals surface area contributed by atoms with Crippen LogP contribution in [0.3, 0.4) is 0 Å². The van der Waals surface area contributed by atoms with Crippen LogP contribution in [-0.2, 0) is 28.6 Å². The van der Waals surface area contributed by atoms with Gasteiger partial charge in [0, 0.05) is 19.3 Å². The molecule has 6 heteroatoms. The number of ether oxygens (including phenoxy) is 3. The molecule has 0 amide bonds. The second kappa shape index (κ2) is 59.9. The number of hydrogen-bond acceptors (Lipinski definition) is 6. The lowest BCUT2D eigenvalue weighted by Gasteiger charge is -2.18. The third kappa shape index (κ3) is 58.1. The summed E-state index contributed by atoms with van der Waals surface area (Å²) in [7, 11) is 0. The summed E-state index contributed by atoms with van der Waals surface area (Å²) in [5, 5.41) is 0. The van der Waals surface area contributed by atoms with Gasteiger partial charge in [-0.3, -0.25) is 14.4 Å². The highest BCUT2D eigenvalue weighted by molar-refractivity contribution is 5.71. The molecule has 0 spiro atoms. The Morgan fingerprint density at radius 1 is 0.282 bits per heavy atom. The van der Waals surface area contributed by atoms with Crippen LogP contribution in [0.25, 0.3) is 0 Å². The van der Waals surface area contributed by atoms with E-state index >= 15 is 0 Å². The van der Waals surface area contributed by atoms with E-state index < -0.39 is 6.10 Å². The molecule has 0 aliphatic heterocycles. The summed E-state index contributed by atoms with van der Waals surface area (Å²) < 4.78 is 16.9. The first kappa shape index (κ1) is 68.4. The van der Waals surface area contributed by atoms with E-state index in [2.05, 4.69) is 69.4 Å². The van der Waals surface area contributed by atoms with Crippen LogP contribution in [0.4, 0.5) is 0 Å². The fraction of sp³-hybridized carbons (Fsp3) is 0.831. The quantitative estimate of drug-likeness (QED) is 0.0261. The van der Waals surface area contributed by atoms with E-state index in [-0.39, 0.29) is 31.1 Å². The fourth-order valence-corrected chi connectivity index (χ4v) is 9.09. The summed E-state index contributed by atoms with van der Waals surface area (Å²) >= 11 is 0. The van der Waals surface area contributed by atoms with E-state index in [1.54, 1.807) is 0 Å². The largest absolute Gasteiger partial charge is 0.462 e. The third-order valence-corrected chi connectivity index (χ3v) is 13.8. The number of unbranched alkanes of at least 4 members (excludes halogenated alkanes) is 38. The normalized spacial score (nSPS) is 12.3. The predicted octanol–water partition coefficient (Wildman–Crippen LogP) is 21.0. The molecular weight excluding hydrogens is 877 g/mol. The number of carbonyl (C=O) groups is 3. The lowest BCUT2D eigenvalue weighted by atomic mass is 10.0. The first-order chi connectivity index (χ1) is 35.0. The third-order valence-electron chi connectivity index (χ3n) is 13.8. The summed E-state index contributed by atoms with van der Waals surface area (Å²) in [6, 6.07) is 0. The van der Waals surface area contributed by atoms with Gasteiger partial charge in [0.1, 0.15) is 13.2 Å². The molecule has 0 aromatic carbocycles. The molecule has 0 radical (unpaired) electrons. The van der Waals surface area contributed by atoms with Crippen LogP contribution in [-0.4, -0.2) is 37.2 Å². The van der Waals surface area contributed by atoms with Crippen molar-refractivity contribution in [2.45, 2.75) is 335 Å². The van der Waals surface area contributed by atoms with Crippen molar-refractivity contribution in [2.24, 2.45) is 0 Å². The zero-order valence-electron chi connectivity index (χ0n) is 47.5. The zero-order valence-corrected chi connectivity index (χ0v) is 47.5. The Balaban J connectivity index is 4.25. The van der Waals surface area contributed by atoms with Crippen LogP contribution >= 0.6 is 0 Å². The molecule has 0 N–H and O–H groups in total. The summed E-state index contributed by atoms with van der Waals surface area (Å²) in [5.74, 6) is -0.873. The maximum atomic E-state index is 12.9. The molecule has 0 aromatic heterocycles. The van der Waals surface area contributed by atoms with Crippen molar-refractivity contribution >= 4 is 17.9 Å². The van der Waals surface area contributed by atoms with E-state index in [0.29, 0.717) is 19.3 Å². The maximum Gasteiger partial charge on any atom is 0.306 e. The number of rotatable bonds is 57. The zero-order chi connectivity index (χ0) is 51.4. The van der Waals surface area contributed by atoms with Gasteiger partial charge in [0.05, 0.1) is 0 Å². The van der Waals surface area contributed by atoms with Gasteiger partial charge in [-0.05, 0) is 83.5 Å². The lowest BCUT2D eigenvalue weighted by Crippen LogP contribution is -2.30. The van der Waals surface area contributed by atoms with Gasteiger partial charge in [-0.15, -0.1) is 0 Å². The van der Waals surface area contributed by atoms with Gasteiger partial charge in [-0.1, -0.05) is 275 Å². The van der Waals surface area contributed by atoms with E-state index in [9.17, 15) is 14.4 Å². The Kier molecular flexibility index (Phi) is 57.7. The van der Waals surface area contributed by atoms with Crippen LogP contribution in [0, 0.1) is 0 Å². The molecule has 0 saturated heterocycles. The van der Waals surface area contributed by atoms with Crippen molar-refractivity contribution in [1.82, 2.24) is 0 Å². The average molecular weight is 996 g/mol. The minimum Gasteiger partial charge on any atom is -0.462 e. The second-order valence-electron chi connectivity index (χ2n) is 21.0. The monoisotopic (exact) mass is 995 g/mol. The smallest absolute Gasteiger partial charge is 0.306 e. The van der Waals surface area contributed by atoms with Crippen LogP contribution in [0.15, 0.2) is 48.6 Å². The Bertz CT molecular complexity index is 1230. The molecule has 1 atom stereocenters. The minimum absolute atomic E-state index is 0.0754. The highest BCUT2D eigenvalue weighted by atomic mass is 16.6. The molecule has 0 aromatic rings. The number of hydrogen-bond donors (Lipinski definition) is 0.